The van der Waals surface area contributed by atoms with Crippen LogP contribution in [0.5, 0.6) is 5.75 Å². The molecule has 0 aromatic heterocycles. The highest BCUT2D eigenvalue weighted by molar-refractivity contribution is 6.02. The van der Waals surface area contributed by atoms with Gasteiger partial charge in [-0.1, -0.05) is 18.2 Å². The first kappa shape index (κ1) is 12.2. The lowest BCUT2D eigenvalue weighted by Crippen LogP contribution is -2.34. The average Bonchev–Trinajstić information content (AvgIpc) is 2.28. The van der Waals surface area contributed by atoms with E-state index in [0.717, 1.165) is 10.8 Å². The van der Waals surface area contributed by atoms with Gasteiger partial charge in [-0.05, 0) is 37.4 Å². The Labute approximate surface area is 106 Å². The van der Waals surface area contributed by atoms with Gasteiger partial charge in [-0.25, -0.2) is 4.79 Å². The Balaban J connectivity index is 2.33. The predicted octanol–water partition coefficient (Wildman–Crippen LogP) is 3.08. The molecule has 0 aliphatic rings. The number of anilines is 1. The highest BCUT2D eigenvalue weighted by atomic mass is 16.3. The number of benzene rings is 2. The number of hydrogen-bond acceptors (Lipinski definition) is 2. The molecule has 18 heavy (non-hydrogen) atoms. The summed E-state index contributed by atoms with van der Waals surface area (Å²) in [6.45, 7) is 3.79. The van der Waals surface area contributed by atoms with Crippen LogP contribution in [0.3, 0.4) is 0 Å². The van der Waals surface area contributed by atoms with E-state index in [9.17, 15) is 9.90 Å². The molecule has 0 unspecified atom stereocenters. The van der Waals surface area contributed by atoms with Crippen LogP contribution in [-0.2, 0) is 0 Å². The van der Waals surface area contributed by atoms with Crippen molar-refractivity contribution in [1.29, 1.82) is 0 Å². The zero-order valence-corrected chi connectivity index (χ0v) is 10.4. The molecule has 0 aliphatic heterocycles. The smallest absolute Gasteiger partial charge is 0.319 e. The first-order valence-electron chi connectivity index (χ1n) is 5.85. The first-order valence-corrected chi connectivity index (χ1v) is 5.85. The summed E-state index contributed by atoms with van der Waals surface area (Å²) in [5.74, 6) is 0.181. The molecule has 2 amide bonds. The van der Waals surface area contributed by atoms with Crippen LogP contribution in [0.15, 0.2) is 36.4 Å². The Kier molecular flexibility index (Phi) is 3.37. The summed E-state index contributed by atoms with van der Waals surface area (Å²) in [6.07, 6.45) is 0. The number of phenols is 1. The van der Waals surface area contributed by atoms with Crippen LogP contribution in [-0.4, -0.2) is 17.2 Å². The summed E-state index contributed by atoms with van der Waals surface area (Å²) in [6, 6.07) is 10.5. The minimum Gasteiger partial charge on any atom is -0.508 e. The third-order valence-electron chi connectivity index (χ3n) is 2.53. The SMILES string of the molecule is CC(C)NC(=O)Nc1cccc2ccc(O)cc12. The van der Waals surface area contributed by atoms with E-state index in [1.54, 1.807) is 12.1 Å². The number of carbonyl (C=O) groups excluding carboxylic acids is 1. The summed E-state index contributed by atoms with van der Waals surface area (Å²) < 4.78 is 0. The molecule has 0 spiro atoms. The van der Waals surface area contributed by atoms with Crippen molar-refractivity contribution in [3.05, 3.63) is 36.4 Å². The maximum Gasteiger partial charge on any atom is 0.319 e. The minimum atomic E-state index is -0.249. The number of fused-ring (bicyclic) bond motifs is 1. The fourth-order valence-electron chi connectivity index (χ4n) is 1.79. The standard InChI is InChI=1S/C14H16N2O2/c1-9(2)15-14(18)16-13-5-3-4-10-6-7-11(17)8-12(10)13/h3-9,17H,1-2H3,(H2,15,16,18). The van der Waals surface area contributed by atoms with E-state index in [-0.39, 0.29) is 17.8 Å². The van der Waals surface area contributed by atoms with Gasteiger partial charge in [0.1, 0.15) is 5.75 Å². The molecule has 0 atom stereocenters. The molecule has 2 rings (SSSR count). The average molecular weight is 244 g/mol. The van der Waals surface area contributed by atoms with Gasteiger partial charge in [-0.3, -0.25) is 0 Å². The van der Waals surface area contributed by atoms with Crippen LogP contribution in [0.1, 0.15) is 13.8 Å². The Morgan fingerprint density at radius 2 is 2.00 bits per heavy atom. The number of hydrogen-bond donors (Lipinski definition) is 3. The molecule has 0 bridgehead atoms. The molecule has 3 N–H and O–H groups in total. The second-order valence-electron chi connectivity index (χ2n) is 4.46. The number of phenolic OH excluding ortho intramolecular Hbond substituents is 1. The summed E-state index contributed by atoms with van der Waals surface area (Å²) in [4.78, 5) is 11.7. The van der Waals surface area contributed by atoms with Gasteiger partial charge in [-0.15, -0.1) is 0 Å². The lowest BCUT2D eigenvalue weighted by molar-refractivity contribution is 0.250. The van der Waals surface area contributed by atoms with Crippen molar-refractivity contribution in [3.63, 3.8) is 0 Å². The Morgan fingerprint density at radius 3 is 2.72 bits per heavy atom. The van der Waals surface area contributed by atoms with Gasteiger partial charge in [-0.2, -0.15) is 0 Å². The van der Waals surface area contributed by atoms with E-state index in [0.29, 0.717) is 5.69 Å². The Morgan fingerprint density at radius 1 is 1.22 bits per heavy atom. The lowest BCUT2D eigenvalue weighted by Gasteiger charge is -2.12. The topological polar surface area (TPSA) is 61.4 Å². The summed E-state index contributed by atoms with van der Waals surface area (Å²) in [7, 11) is 0. The van der Waals surface area contributed by atoms with Crippen LogP contribution < -0.4 is 10.6 Å². The molecular formula is C14H16N2O2. The molecule has 94 valence electrons. The number of urea groups is 1. The minimum absolute atomic E-state index is 0.0772. The summed E-state index contributed by atoms with van der Waals surface area (Å²) in [5, 5.41) is 16.8. The molecule has 0 heterocycles. The van der Waals surface area contributed by atoms with Crippen LogP contribution in [0.4, 0.5) is 10.5 Å². The molecule has 2 aromatic carbocycles. The van der Waals surface area contributed by atoms with Crippen LogP contribution in [0, 0.1) is 0 Å². The number of amides is 2. The van der Waals surface area contributed by atoms with Crippen molar-refractivity contribution in [2.24, 2.45) is 0 Å². The largest absolute Gasteiger partial charge is 0.508 e. The second-order valence-corrected chi connectivity index (χ2v) is 4.46. The van der Waals surface area contributed by atoms with Crippen LogP contribution in [0.25, 0.3) is 10.8 Å². The third kappa shape index (κ3) is 2.71. The van der Waals surface area contributed by atoms with Crippen molar-refractivity contribution < 1.29 is 9.90 Å². The van der Waals surface area contributed by atoms with E-state index < -0.39 is 0 Å². The number of nitrogens with one attached hydrogen (secondary N) is 2. The van der Waals surface area contributed by atoms with Gasteiger partial charge in [0.25, 0.3) is 0 Å². The molecule has 0 saturated heterocycles. The number of aromatic hydroxyl groups is 1. The van der Waals surface area contributed by atoms with Gasteiger partial charge >= 0.3 is 6.03 Å². The van der Waals surface area contributed by atoms with E-state index in [1.165, 1.54) is 0 Å². The molecule has 0 aliphatic carbocycles. The normalized spacial score (nSPS) is 10.6. The fraction of sp³-hybridized carbons (Fsp3) is 0.214. The van der Waals surface area contributed by atoms with Crippen molar-refractivity contribution >= 4 is 22.5 Å². The van der Waals surface area contributed by atoms with Crippen molar-refractivity contribution in [3.8, 4) is 5.75 Å². The molecule has 0 saturated carbocycles. The molecule has 0 radical (unpaired) electrons. The van der Waals surface area contributed by atoms with Crippen LogP contribution >= 0.6 is 0 Å². The quantitative estimate of drug-likeness (QED) is 0.760. The van der Waals surface area contributed by atoms with E-state index >= 15 is 0 Å². The molecular weight excluding hydrogens is 228 g/mol. The molecule has 4 nitrogen and oxygen atoms in total. The van der Waals surface area contributed by atoms with Crippen LogP contribution in [0.2, 0.25) is 0 Å². The second kappa shape index (κ2) is 4.96. The van der Waals surface area contributed by atoms with E-state index in [1.807, 2.05) is 38.1 Å². The maximum atomic E-state index is 11.7. The summed E-state index contributed by atoms with van der Waals surface area (Å²) in [5.41, 5.74) is 0.682. The van der Waals surface area contributed by atoms with Crippen molar-refractivity contribution in [1.82, 2.24) is 5.32 Å². The van der Waals surface area contributed by atoms with Crippen molar-refractivity contribution in [2.75, 3.05) is 5.32 Å². The number of carbonyl (C=O) groups is 1. The lowest BCUT2D eigenvalue weighted by atomic mass is 10.1. The van der Waals surface area contributed by atoms with E-state index in [4.69, 9.17) is 0 Å². The zero-order valence-electron chi connectivity index (χ0n) is 10.4. The van der Waals surface area contributed by atoms with Gasteiger partial charge in [0.05, 0.1) is 5.69 Å². The molecule has 4 heteroatoms. The van der Waals surface area contributed by atoms with Gasteiger partial charge < -0.3 is 15.7 Å². The highest BCUT2D eigenvalue weighted by Crippen LogP contribution is 2.26. The van der Waals surface area contributed by atoms with Crippen molar-refractivity contribution in [2.45, 2.75) is 19.9 Å². The highest BCUT2D eigenvalue weighted by Gasteiger charge is 2.06. The zero-order chi connectivity index (χ0) is 13.1. The maximum absolute atomic E-state index is 11.7. The molecule has 2 aromatic rings. The fourth-order valence-corrected chi connectivity index (χ4v) is 1.79. The monoisotopic (exact) mass is 244 g/mol. The molecule has 0 fully saturated rings. The number of rotatable bonds is 2. The van der Waals surface area contributed by atoms with Gasteiger partial charge in [0.2, 0.25) is 0 Å². The summed E-state index contributed by atoms with van der Waals surface area (Å²) >= 11 is 0. The van der Waals surface area contributed by atoms with Gasteiger partial charge in [0.15, 0.2) is 0 Å². The van der Waals surface area contributed by atoms with E-state index in [2.05, 4.69) is 10.6 Å². The van der Waals surface area contributed by atoms with Gasteiger partial charge in [0, 0.05) is 11.4 Å². The predicted molar refractivity (Wildman–Crippen MR) is 72.9 cm³/mol. The Hall–Kier alpha value is -2.23. The first-order chi connectivity index (χ1) is 8.56. The Bertz CT molecular complexity index is 579. The third-order valence-corrected chi connectivity index (χ3v) is 2.53.